The molecule has 3 rings (SSSR count). The predicted octanol–water partition coefficient (Wildman–Crippen LogP) is 0.804. The van der Waals surface area contributed by atoms with Gasteiger partial charge in [-0.3, -0.25) is 4.21 Å². The molecule has 0 atom stereocenters. The van der Waals surface area contributed by atoms with E-state index in [4.69, 9.17) is 0 Å². The van der Waals surface area contributed by atoms with Gasteiger partial charge in [0.15, 0.2) is 0 Å². The average Bonchev–Trinajstić information content (AvgIpc) is 2.49. The maximum Gasteiger partial charge on any atom is 0.148 e. The summed E-state index contributed by atoms with van der Waals surface area (Å²) in [7, 11) is -0.699. The first-order valence-electron chi connectivity index (χ1n) is 7.09. The molecule has 0 aliphatic carbocycles. The molecule has 0 bridgehead atoms. The first kappa shape index (κ1) is 13.8. The summed E-state index contributed by atoms with van der Waals surface area (Å²) in [4.78, 5) is 4.20. The number of benzene rings is 1. The van der Waals surface area contributed by atoms with Crippen molar-refractivity contribution >= 4 is 22.2 Å². The first-order chi connectivity index (χ1) is 9.74. The van der Waals surface area contributed by atoms with Crippen LogP contribution in [0.2, 0.25) is 0 Å². The zero-order valence-corrected chi connectivity index (χ0v) is 12.3. The third kappa shape index (κ3) is 2.96. The van der Waals surface area contributed by atoms with Gasteiger partial charge in [-0.25, -0.2) is 4.39 Å². The highest BCUT2D eigenvalue weighted by Crippen LogP contribution is 2.26. The minimum Gasteiger partial charge on any atom is -0.370 e. The first-order valence-corrected chi connectivity index (χ1v) is 8.58. The molecular formula is C14H20FN3OS. The summed E-state index contributed by atoms with van der Waals surface area (Å²) in [5.74, 6) is 1.21. The quantitative estimate of drug-likeness (QED) is 0.876. The van der Waals surface area contributed by atoms with E-state index in [1.165, 1.54) is 0 Å². The standard InChI is InChI=1S/C14H20FN3OS/c15-13-11-12(17-7-9-20(19)10-8-17)1-2-14(13)18-5-3-16-4-6-18/h1-2,11,16H,3-10H2. The van der Waals surface area contributed by atoms with E-state index in [1.54, 1.807) is 6.07 Å². The average molecular weight is 297 g/mol. The fraction of sp³-hybridized carbons (Fsp3) is 0.571. The summed E-state index contributed by atoms with van der Waals surface area (Å²) in [6, 6.07) is 5.47. The molecular weight excluding hydrogens is 277 g/mol. The highest BCUT2D eigenvalue weighted by molar-refractivity contribution is 7.85. The molecule has 0 amide bonds. The lowest BCUT2D eigenvalue weighted by Gasteiger charge is -2.31. The zero-order valence-electron chi connectivity index (χ0n) is 11.5. The van der Waals surface area contributed by atoms with Crippen molar-refractivity contribution < 1.29 is 8.60 Å². The third-order valence-electron chi connectivity index (χ3n) is 3.93. The Morgan fingerprint density at radius 2 is 1.75 bits per heavy atom. The van der Waals surface area contributed by atoms with E-state index >= 15 is 0 Å². The molecule has 0 unspecified atom stereocenters. The second kappa shape index (κ2) is 6.10. The summed E-state index contributed by atoms with van der Waals surface area (Å²) in [6.45, 7) is 4.99. The SMILES string of the molecule is O=S1CCN(c2ccc(N3CCNCC3)c(F)c2)CC1. The Labute approximate surface area is 121 Å². The van der Waals surface area contributed by atoms with Gasteiger partial charge in [0, 0.05) is 67.3 Å². The lowest BCUT2D eigenvalue weighted by atomic mass is 10.2. The van der Waals surface area contributed by atoms with Crippen LogP contribution in [0, 0.1) is 5.82 Å². The van der Waals surface area contributed by atoms with Crippen LogP contribution in [0.1, 0.15) is 0 Å². The van der Waals surface area contributed by atoms with Crippen molar-refractivity contribution in [2.45, 2.75) is 0 Å². The highest BCUT2D eigenvalue weighted by Gasteiger charge is 2.19. The summed E-state index contributed by atoms with van der Waals surface area (Å²) in [5, 5.41) is 3.27. The molecule has 6 heteroatoms. The van der Waals surface area contributed by atoms with Gasteiger partial charge in [0.25, 0.3) is 0 Å². The van der Waals surface area contributed by atoms with Crippen LogP contribution in [0.15, 0.2) is 18.2 Å². The molecule has 2 aliphatic heterocycles. The monoisotopic (exact) mass is 297 g/mol. The Morgan fingerprint density at radius 3 is 2.40 bits per heavy atom. The smallest absolute Gasteiger partial charge is 0.148 e. The molecule has 0 radical (unpaired) electrons. The highest BCUT2D eigenvalue weighted by atomic mass is 32.2. The molecule has 1 aromatic carbocycles. The summed E-state index contributed by atoms with van der Waals surface area (Å²) >= 11 is 0. The summed E-state index contributed by atoms with van der Waals surface area (Å²) in [5.41, 5.74) is 1.59. The number of nitrogens with zero attached hydrogens (tertiary/aromatic N) is 2. The minimum atomic E-state index is -0.699. The normalized spacial score (nSPS) is 21.2. The van der Waals surface area contributed by atoms with Crippen LogP contribution in [-0.4, -0.2) is 55.0 Å². The maximum absolute atomic E-state index is 14.3. The van der Waals surface area contributed by atoms with Crippen LogP contribution < -0.4 is 15.1 Å². The topological polar surface area (TPSA) is 35.6 Å². The van der Waals surface area contributed by atoms with Gasteiger partial charge in [-0.1, -0.05) is 0 Å². The van der Waals surface area contributed by atoms with Crippen LogP contribution in [0.5, 0.6) is 0 Å². The van der Waals surface area contributed by atoms with Crippen LogP contribution >= 0.6 is 0 Å². The number of anilines is 2. The van der Waals surface area contributed by atoms with Crippen molar-refractivity contribution in [3.05, 3.63) is 24.0 Å². The number of piperazine rings is 1. The van der Waals surface area contributed by atoms with Gasteiger partial charge in [0.1, 0.15) is 5.82 Å². The van der Waals surface area contributed by atoms with Crippen LogP contribution in [-0.2, 0) is 10.8 Å². The Bertz CT molecular complexity index is 495. The number of hydrogen-bond donors (Lipinski definition) is 1. The van der Waals surface area contributed by atoms with Gasteiger partial charge in [0.05, 0.1) is 5.69 Å². The van der Waals surface area contributed by atoms with Crippen LogP contribution in [0.25, 0.3) is 0 Å². The zero-order chi connectivity index (χ0) is 13.9. The molecule has 2 saturated heterocycles. The molecule has 2 fully saturated rings. The second-order valence-corrected chi connectivity index (χ2v) is 6.90. The molecule has 0 saturated carbocycles. The number of nitrogens with one attached hydrogen (secondary N) is 1. The van der Waals surface area contributed by atoms with Gasteiger partial charge in [-0.2, -0.15) is 0 Å². The van der Waals surface area contributed by atoms with E-state index in [2.05, 4.69) is 15.1 Å². The van der Waals surface area contributed by atoms with E-state index in [9.17, 15) is 8.60 Å². The van der Waals surface area contributed by atoms with E-state index in [0.717, 1.165) is 45.0 Å². The van der Waals surface area contributed by atoms with Crippen molar-refractivity contribution in [1.29, 1.82) is 0 Å². The Hall–Kier alpha value is -1.14. The molecule has 110 valence electrons. The Morgan fingerprint density at radius 1 is 1.05 bits per heavy atom. The van der Waals surface area contributed by atoms with Crippen molar-refractivity contribution in [3.8, 4) is 0 Å². The Balaban J connectivity index is 1.75. The van der Waals surface area contributed by atoms with Gasteiger partial charge < -0.3 is 15.1 Å². The van der Waals surface area contributed by atoms with Crippen molar-refractivity contribution in [3.63, 3.8) is 0 Å². The largest absolute Gasteiger partial charge is 0.370 e. The van der Waals surface area contributed by atoms with E-state index in [1.807, 2.05) is 12.1 Å². The number of hydrogen-bond acceptors (Lipinski definition) is 4. The van der Waals surface area contributed by atoms with Crippen molar-refractivity contribution in [2.24, 2.45) is 0 Å². The lowest BCUT2D eigenvalue weighted by Crippen LogP contribution is -2.44. The van der Waals surface area contributed by atoms with E-state index in [-0.39, 0.29) is 5.82 Å². The molecule has 2 aliphatic rings. The molecule has 0 spiro atoms. The predicted molar refractivity (Wildman–Crippen MR) is 81.6 cm³/mol. The fourth-order valence-electron chi connectivity index (χ4n) is 2.75. The van der Waals surface area contributed by atoms with E-state index in [0.29, 0.717) is 17.2 Å². The van der Waals surface area contributed by atoms with Gasteiger partial charge in [-0.15, -0.1) is 0 Å². The van der Waals surface area contributed by atoms with Crippen LogP contribution in [0.3, 0.4) is 0 Å². The molecule has 0 aromatic heterocycles. The van der Waals surface area contributed by atoms with Crippen molar-refractivity contribution in [1.82, 2.24) is 5.32 Å². The molecule has 4 nitrogen and oxygen atoms in total. The maximum atomic E-state index is 14.3. The van der Waals surface area contributed by atoms with Crippen molar-refractivity contribution in [2.75, 3.05) is 60.6 Å². The molecule has 1 N–H and O–H groups in total. The number of halogens is 1. The fourth-order valence-corrected chi connectivity index (χ4v) is 3.80. The second-order valence-electron chi connectivity index (χ2n) is 5.21. The van der Waals surface area contributed by atoms with Gasteiger partial charge in [-0.05, 0) is 18.2 Å². The number of rotatable bonds is 2. The summed E-state index contributed by atoms with van der Waals surface area (Å²) in [6.07, 6.45) is 0. The molecule has 20 heavy (non-hydrogen) atoms. The molecule has 2 heterocycles. The van der Waals surface area contributed by atoms with Gasteiger partial charge >= 0.3 is 0 Å². The van der Waals surface area contributed by atoms with E-state index < -0.39 is 10.8 Å². The Kier molecular flexibility index (Phi) is 4.21. The van der Waals surface area contributed by atoms with Gasteiger partial charge in [0.2, 0.25) is 0 Å². The lowest BCUT2D eigenvalue weighted by molar-refractivity contribution is 0.566. The minimum absolute atomic E-state index is 0.156. The summed E-state index contributed by atoms with van der Waals surface area (Å²) < 4.78 is 25.7. The third-order valence-corrected chi connectivity index (χ3v) is 5.21. The molecule has 1 aromatic rings. The van der Waals surface area contributed by atoms with Crippen LogP contribution in [0.4, 0.5) is 15.8 Å².